The molecule has 162 valence electrons. The lowest BCUT2D eigenvalue weighted by Gasteiger charge is -2.37. The fraction of sp³-hybridized carbons (Fsp3) is 0.333. The molecule has 4 rings (SSSR count). The van der Waals surface area contributed by atoms with Crippen LogP contribution in [0.5, 0.6) is 5.75 Å². The molecule has 0 unspecified atom stereocenters. The van der Waals surface area contributed by atoms with Gasteiger partial charge in [-0.15, -0.1) is 11.3 Å². The molecule has 0 spiro atoms. The smallest absolute Gasteiger partial charge is 0.305 e. The van der Waals surface area contributed by atoms with Gasteiger partial charge < -0.3 is 25.0 Å². The number of carboxylic acids is 1. The SMILES string of the molecule is COc1ccccc1N1CCN(c2cc(-c3nccs3)nc(NCCC(=O)O)n2)CC1. The van der Waals surface area contributed by atoms with Gasteiger partial charge in [0, 0.05) is 50.4 Å². The summed E-state index contributed by atoms with van der Waals surface area (Å²) in [5.41, 5.74) is 1.82. The molecular weight excluding hydrogens is 416 g/mol. The topological polar surface area (TPSA) is 104 Å². The van der Waals surface area contributed by atoms with Crippen LogP contribution in [0.15, 0.2) is 41.9 Å². The Morgan fingerprint density at radius 1 is 1.19 bits per heavy atom. The van der Waals surface area contributed by atoms with Crippen LogP contribution in [-0.4, -0.2) is 65.9 Å². The van der Waals surface area contributed by atoms with Crippen LogP contribution in [0.25, 0.3) is 10.7 Å². The molecule has 31 heavy (non-hydrogen) atoms. The van der Waals surface area contributed by atoms with E-state index in [0.29, 0.717) is 5.95 Å². The van der Waals surface area contributed by atoms with E-state index in [1.54, 1.807) is 13.3 Å². The number of benzene rings is 1. The Balaban J connectivity index is 1.52. The summed E-state index contributed by atoms with van der Waals surface area (Å²) in [6.07, 6.45) is 1.74. The highest BCUT2D eigenvalue weighted by Crippen LogP contribution is 2.30. The maximum absolute atomic E-state index is 10.8. The Labute approximate surface area is 184 Å². The van der Waals surface area contributed by atoms with Crippen molar-refractivity contribution in [3.05, 3.63) is 41.9 Å². The van der Waals surface area contributed by atoms with Gasteiger partial charge in [0.05, 0.1) is 19.2 Å². The van der Waals surface area contributed by atoms with E-state index in [4.69, 9.17) is 9.84 Å². The van der Waals surface area contributed by atoms with Crippen molar-refractivity contribution in [2.24, 2.45) is 0 Å². The molecule has 1 saturated heterocycles. The Morgan fingerprint density at radius 2 is 1.97 bits per heavy atom. The number of aliphatic carboxylic acids is 1. The van der Waals surface area contributed by atoms with Crippen LogP contribution in [0.3, 0.4) is 0 Å². The number of anilines is 3. The van der Waals surface area contributed by atoms with Crippen LogP contribution in [0.1, 0.15) is 6.42 Å². The average molecular weight is 441 g/mol. The molecule has 1 aromatic carbocycles. The fourth-order valence-electron chi connectivity index (χ4n) is 3.48. The zero-order chi connectivity index (χ0) is 21.6. The number of hydrogen-bond acceptors (Lipinski definition) is 9. The van der Waals surface area contributed by atoms with Gasteiger partial charge in [-0.1, -0.05) is 12.1 Å². The third-order valence-corrected chi connectivity index (χ3v) is 5.81. The van der Waals surface area contributed by atoms with E-state index in [1.807, 2.05) is 29.6 Å². The van der Waals surface area contributed by atoms with E-state index in [2.05, 4.69) is 36.1 Å². The molecule has 2 N–H and O–H groups in total. The van der Waals surface area contributed by atoms with Crippen molar-refractivity contribution < 1.29 is 14.6 Å². The summed E-state index contributed by atoms with van der Waals surface area (Å²) >= 11 is 1.51. The Bertz CT molecular complexity index is 1020. The highest BCUT2D eigenvalue weighted by atomic mass is 32.1. The summed E-state index contributed by atoms with van der Waals surface area (Å²) in [5.74, 6) is 1.22. The number of ether oxygens (including phenoxy) is 1. The van der Waals surface area contributed by atoms with Gasteiger partial charge in [-0.2, -0.15) is 4.98 Å². The number of carboxylic acid groups (broad SMARTS) is 1. The van der Waals surface area contributed by atoms with Gasteiger partial charge in [0.2, 0.25) is 5.95 Å². The Hall–Kier alpha value is -3.40. The number of carbonyl (C=O) groups is 1. The molecule has 2 aromatic heterocycles. The minimum atomic E-state index is -0.865. The van der Waals surface area contributed by atoms with E-state index in [-0.39, 0.29) is 13.0 Å². The van der Waals surface area contributed by atoms with Crippen molar-refractivity contribution in [1.82, 2.24) is 15.0 Å². The second-order valence-corrected chi connectivity index (χ2v) is 7.88. The van der Waals surface area contributed by atoms with Gasteiger partial charge >= 0.3 is 5.97 Å². The van der Waals surface area contributed by atoms with Gasteiger partial charge in [0.25, 0.3) is 0 Å². The van der Waals surface area contributed by atoms with Crippen LogP contribution in [0, 0.1) is 0 Å². The van der Waals surface area contributed by atoms with E-state index in [9.17, 15) is 4.79 Å². The molecule has 0 radical (unpaired) electrons. The zero-order valence-electron chi connectivity index (χ0n) is 17.2. The van der Waals surface area contributed by atoms with Gasteiger partial charge in [0.15, 0.2) is 0 Å². The van der Waals surface area contributed by atoms with Gasteiger partial charge in [-0.3, -0.25) is 4.79 Å². The number of methoxy groups -OCH3 is 1. The Kier molecular flexibility index (Phi) is 6.46. The monoisotopic (exact) mass is 440 g/mol. The molecule has 10 heteroatoms. The molecule has 0 atom stereocenters. The van der Waals surface area contributed by atoms with Gasteiger partial charge in [0.1, 0.15) is 22.3 Å². The first kappa shape index (κ1) is 20.9. The lowest BCUT2D eigenvalue weighted by molar-refractivity contribution is -0.136. The highest BCUT2D eigenvalue weighted by molar-refractivity contribution is 7.13. The summed E-state index contributed by atoms with van der Waals surface area (Å²) in [6.45, 7) is 3.51. The predicted octanol–water partition coefficient (Wildman–Crippen LogP) is 2.82. The van der Waals surface area contributed by atoms with Crippen LogP contribution >= 0.6 is 11.3 Å². The van der Waals surface area contributed by atoms with E-state index in [0.717, 1.165) is 54.1 Å². The van der Waals surface area contributed by atoms with Crippen LogP contribution in [-0.2, 0) is 4.79 Å². The number of hydrogen-bond donors (Lipinski definition) is 2. The number of nitrogens with zero attached hydrogens (tertiary/aromatic N) is 5. The number of rotatable bonds is 8. The van der Waals surface area contributed by atoms with E-state index < -0.39 is 5.97 Å². The highest BCUT2D eigenvalue weighted by Gasteiger charge is 2.22. The molecule has 3 heterocycles. The summed E-state index contributed by atoms with van der Waals surface area (Å²) in [4.78, 5) is 28.9. The summed E-state index contributed by atoms with van der Waals surface area (Å²) in [7, 11) is 1.69. The molecule has 0 aliphatic carbocycles. The molecule has 1 fully saturated rings. The molecule has 1 aliphatic rings. The van der Waals surface area contributed by atoms with Crippen LogP contribution in [0.4, 0.5) is 17.5 Å². The van der Waals surface area contributed by atoms with Crippen LogP contribution < -0.4 is 19.9 Å². The standard InChI is InChI=1S/C21H24N6O3S/c1-30-17-5-3-2-4-16(17)26-9-11-27(12-10-26)18-14-15(20-22-8-13-31-20)24-21(25-18)23-7-6-19(28)29/h2-5,8,13-14H,6-7,9-12H2,1H3,(H,28,29)(H,23,24,25). The predicted molar refractivity (Wildman–Crippen MR) is 121 cm³/mol. The fourth-order valence-corrected chi connectivity index (χ4v) is 4.08. The number of aromatic nitrogens is 3. The number of nitrogens with one attached hydrogen (secondary N) is 1. The maximum atomic E-state index is 10.8. The average Bonchev–Trinajstić information content (AvgIpc) is 3.34. The first-order valence-electron chi connectivity index (χ1n) is 10.0. The number of piperazine rings is 1. The second-order valence-electron chi connectivity index (χ2n) is 6.99. The third-order valence-electron chi connectivity index (χ3n) is 5.02. The molecule has 9 nitrogen and oxygen atoms in total. The van der Waals surface area contributed by atoms with Crippen molar-refractivity contribution >= 4 is 34.8 Å². The van der Waals surface area contributed by atoms with Gasteiger partial charge in [-0.05, 0) is 12.1 Å². The third kappa shape index (κ3) is 5.02. The molecule has 3 aromatic rings. The minimum absolute atomic E-state index is 0.00223. The molecule has 0 amide bonds. The normalized spacial score (nSPS) is 13.8. The van der Waals surface area contributed by atoms with E-state index >= 15 is 0 Å². The van der Waals surface area contributed by atoms with Crippen molar-refractivity contribution in [3.8, 4) is 16.5 Å². The molecule has 0 saturated carbocycles. The number of thiazole rings is 1. The zero-order valence-corrected chi connectivity index (χ0v) is 18.0. The first-order valence-corrected chi connectivity index (χ1v) is 10.9. The lowest BCUT2D eigenvalue weighted by Crippen LogP contribution is -2.47. The van der Waals surface area contributed by atoms with E-state index in [1.165, 1.54) is 11.3 Å². The van der Waals surface area contributed by atoms with Crippen molar-refractivity contribution in [1.29, 1.82) is 0 Å². The van der Waals surface area contributed by atoms with Crippen molar-refractivity contribution in [2.75, 3.05) is 55.0 Å². The Morgan fingerprint density at radius 3 is 2.68 bits per heavy atom. The van der Waals surface area contributed by atoms with Crippen molar-refractivity contribution in [3.63, 3.8) is 0 Å². The molecule has 1 aliphatic heterocycles. The molecular formula is C21H24N6O3S. The summed E-state index contributed by atoms with van der Waals surface area (Å²) in [6, 6.07) is 9.98. The van der Waals surface area contributed by atoms with Crippen LogP contribution in [0.2, 0.25) is 0 Å². The summed E-state index contributed by atoms with van der Waals surface area (Å²) < 4.78 is 5.51. The van der Waals surface area contributed by atoms with Crippen molar-refractivity contribution in [2.45, 2.75) is 6.42 Å². The number of para-hydroxylation sites is 2. The molecule has 0 bridgehead atoms. The largest absolute Gasteiger partial charge is 0.495 e. The lowest BCUT2D eigenvalue weighted by atomic mass is 10.2. The maximum Gasteiger partial charge on any atom is 0.305 e. The quantitative estimate of drug-likeness (QED) is 0.547. The summed E-state index contributed by atoms with van der Waals surface area (Å²) in [5, 5.41) is 14.6. The first-order chi connectivity index (χ1) is 15.1. The minimum Gasteiger partial charge on any atom is -0.495 e. The van der Waals surface area contributed by atoms with Gasteiger partial charge in [-0.25, -0.2) is 9.97 Å². The second kappa shape index (κ2) is 9.61.